The number of nitrogens with one attached hydrogen (secondary N) is 1. The molecular weight excluding hydrogens is 260 g/mol. The van der Waals surface area contributed by atoms with Crippen molar-refractivity contribution in [2.24, 2.45) is 0 Å². The van der Waals surface area contributed by atoms with Crippen molar-refractivity contribution in [1.82, 2.24) is 20.0 Å². The van der Waals surface area contributed by atoms with E-state index in [1.54, 1.807) is 0 Å². The summed E-state index contributed by atoms with van der Waals surface area (Å²) in [4.78, 5) is 4.56. The summed E-state index contributed by atoms with van der Waals surface area (Å²) in [6.45, 7) is 7.26. The van der Waals surface area contributed by atoms with Gasteiger partial charge in [-0.3, -0.25) is 5.10 Å². The molecule has 0 radical (unpaired) electrons. The Labute approximate surface area is 126 Å². The van der Waals surface area contributed by atoms with Crippen LogP contribution >= 0.6 is 0 Å². The Morgan fingerprint density at radius 2 is 2.05 bits per heavy atom. The third-order valence-electron chi connectivity index (χ3n) is 3.97. The van der Waals surface area contributed by atoms with Gasteiger partial charge in [0.15, 0.2) is 0 Å². The summed E-state index contributed by atoms with van der Waals surface area (Å²) in [5.74, 6) is 0. The minimum Gasteiger partial charge on any atom is -0.366 e. The second-order valence-electron chi connectivity index (χ2n) is 5.82. The lowest BCUT2D eigenvalue weighted by atomic mass is 10.1. The first-order valence-electron chi connectivity index (χ1n) is 7.38. The molecule has 0 unspecified atom stereocenters. The molecule has 0 spiro atoms. The van der Waals surface area contributed by atoms with Crippen LogP contribution in [0.15, 0.2) is 36.9 Å². The number of aromatic nitrogens is 2. The van der Waals surface area contributed by atoms with Crippen molar-refractivity contribution in [3.63, 3.8) is 0 Å². The van der Waals surface area contributed by atoms with Crippen molar-refractivity contribution in [2.45, 2.75) is 13.0 Å². The van der Waals surface area contributed by atoms with E-state index in [4.69, 9.17) is 0 Å². The lowest BCUT2D eigenvalue weighted by molar-refractivity contribution is 0.342. The molecule has 1 aromatic heterocycles. The van der Waals surface area contributed by atoms with Gasteiger partial charge in [0.1, 0.15) is 0 Å². The van der Waals surface area contributed by atoms with Gasteiger partial charge in [0.05, 0.1) is 17.1 Å². The number of benzene rings is 1. The lowest BCUT2D eigenvalue weighted by Crippen LogP contribution is -2.22. The van der Waals surface area contributed by atoms with Crippen LogP contribution in [0, 0.1) is 0 Å². The molecule has 1 aliphatic rings. The van der Waals surface area contributed by atoms with Crippen molar-refractivity contribution < 1.29 is 0 Å². The van der Waals surface area contributed by atoms with Crippen molar-refractivity contribution in [3.8, 4) is 11.3 Å². The molecule has 0 atom stereocenters. The topological polar surface area (TPSA) is 35.2 Å². The van der Waals surface area contributed by atoms with Crippen LogP contribution in [0.5, 0.6) is 0 Å². The molecule has 0 bridgehead atoms. The first-order valence-corrected chi connectivity index (χ1v) is 7.38. The zero-order valence-corrected chi connectivity index (χ0v) is 12.8. The average molecular weight is 282 g/mol. The normalized spacial score (nSPS) is 14.0. The smallest absolute Gasteiger partial charge is 0.0977 e. The Bertz CT molecular complexity index is 627. The number of H-pyrrole nitrogens is 1. The predicted molar refractivity (Wildman–Crippen MR) is 86.6 cm³/mol. The quantitative estimate of drug-likeness (QED) is 0.916. The fourth-order valence-corrected chi connectivity index (χ4v) is 2.83. The molecule has 1 N–H and O–H groups in total. The average Bonchev–Trinajstić information content (AvgIpc) is 3.01. The van der Waals surface area contributed by atoms with Crippen LogP contribution in [-0.4, -0.2) is 47.2 Å². The molecule has 0 saturated heterocycles. The van der Waals surface area contributed by atoms with Crippen LogP contribution in [0.2, 0.25) is 0 Å². The molecule has 2 heterocycles. The van der Waals surface area contributed by atoms with Gasteiger partial charge in [-0.2, -0.15) is 5.10 Å². The Hall–Kier alpha value is -2.07. The van der Waals surface area contributed by atoms with Crippen LogP contribution < -0.4 is 0 Å². The summed E-state index contributed by atoms with van der Waals surface area (Å²) >= 11 is 0. The highest BCUT2D eigenvalue weighted by Crippen LogP contribution is 2.35. The monoisotopic (exact) mass is 282 g/mol. The highest BCUT2D eigenvalue weighted by Gasteiger charge is 2.27. The van der Waals surface area contributed by atoms with E-state index in [0.29, 0.717) is 0 Å². The number of fused-ring (bicyclic) bond motifs is 1. The molecule has 2 aromatic rings. The molecule has 0 saturated carbocycles. The Morgan fingerprint density at radius 3 is 2.76 bits per heavy atom. The van der Waals surface area contributed by atoms with Gasteiger partial charge in [0.25, 0.3) is 0 Å². The second-order valence-corrected chi connectivity index (χ2v) is 5.82. The first kappa shape index (κ1) is 13.9. The van der Waals surface area contributed by atoms with E-state index in [1.165, 1.54) is 5.56 Å². The van der Waals surface area contributed by atoms with Crippen molar-refractivity contribution >= 4 is 5.70 Å². The summed E-state index contributed by atoms with van der Waals surface area (Å²) in [6.07, 6.45) is 1.14. The van der Waals surface area contributed by atoms with E-state index >= 15 is 0 Å². The predicted octanol–water partition coefficient (Wildman–Crippen LogP) is 2.81. The van der Waals surface area contributed by atoms with E-state index in [9.17, 15) is 0 Å². The van der Waals surface area contributed by atoms with Crippen molar-refractivity contribution in [2.75, 3.05) is 27.2 Å². The third-order valence-corrected chi connectivity index (χ3v) is 3.97. The van der Waals surface area contributed by atoms with E-state index in [0.717, 1.165) is 48.7 Å². The summed E-state index contributed by atoms with van der Waals surface area (Å²) in [5.41, 5.74) is 5.66. The summed E-state index contributed by atoms with van der Waals surface area (Å²) in [5, 5.41) is 7.64. The van der Waals surface area contributed by atoms with Gasteiger partial charge >= 0.3 is 0 Å². The van der Waals surface area contributed by atoms with Crippen LogP contribution in [0.1, 0.15) is 17.7 Å². The van der Waals surface area contributed by atoms with Gasteiger partial charge in [0.2, 0.25) is 0 Å². The zero-order valence-electron chi connectivity index (χ0n) is 12.8. The largest absolute Gasteiger partial charge is 0.366 e. The van der Waals surface area contributed by atoms with E-state index < -0.39 is 0 Å². The van der Waals surface area contributed by atoms with Crippen LogP contribution in [0.25, 0.3) is 17.0 Å². The van der Waals surface area contributed by atoms with Gasteiger partial charge in [0, 0.05) is 24.2 Å². The molecule has 0 fully saturated rings. The molecule has 1 aliphatic heterocycles. The van der Waals surface area contributed by atoms with Gasteiger partial charge in [-0.05, 0) is 27.1 Å². The SMILES string of the molecule is C=C1c2[nH]nc(-c3ccccc3)c2CN1CCCN(C)C. The van der Waals surface area contributed by atoms with E-state index in [1.807, 2.05) is 6.07 Å². The fraction of sp³-hybridized carbons (Fsp3) is 0.353. The van der Waals surface area contributed by atoms with Gasteiger partial charge in [-0.1, -0.05) is 36.9 Å². The fourth-order valence-electron chi connectivity index (χ4n) is 2.83. The zero-order chi connectivity index (χ0) is 14.8. The highest BCUT2D eigenvalue weighted by molar-refractivity contribution is 5.75. The number of hydrogen-bond acceptors (Lipinski definition) is 3. The number of nitrogens with zero attached hydrogens (tertiary/aromatic N) is 3. The van der Waals surface area contributed by atoms with Crippen LogP contribution in [-0.2, 0) is 6.54 Å². The van der Waals surface area contributed by atoms with Gasteiger partial charge in [-0.15, -0.1) is 0 Å². The Morgan fingerprint density at radius 1 is 1.29 bits per heavy atom. The van der Waals surface area contributed by atoms with Gasteiger partial charge < -0.3 is 9.80 Å². The van der Waals surface area contributed by atoms with Crippen molar-refractivity contribution in [1.29, 1.82) is 0 Å². The third kappa shape index (κ3) is 2.72. The molecule has 110 valence electrons. The molecule has 4 nitrogen and oxygen atoms in total. The minimum atomic E-state index is 0.905. The molecule has 21 heavy (non-hydrogen) atoms. The lowest BCUT2D eigenvalue weighted by Gasteiger charge is -2.20. The summed E-state index contributed by atoms with van der Waals surface area (Å²) in [6, 6.07) is 10.3. The first-order chi connectivity index (χ1) is 10.2. The molecule has 3 rings (SSSR count). The maximum atomic E-state index is 4.48. The summed E-state index contributed by atoms with van der Waals surface area (Å²) < 4.78 is 0. The second kappa shape index (κ2) is 5.74. The Kier molecular flexibility index (Phi) is 3.80. The van der Waals surface area contributed by atoms with Crippen molar-refractivity contribution in [3.05, 3.63) is 48.2 Å². The standard InChI is InChI=1S/C17H22N4/c1-13-16-15(12-21(13)11-7-10-20(2)3)17(19-18-16)14-8-5-4-6-9-14/h4-6,8-9H,1,7,10-12H2,2-3H3,(H,18,19). The molecule has 0 amide bonds. The van der Waals surface area contributed by atoms with Crippen LogP contribution in [0.4, 0.5) is 0 Å². The molecular formula is C17H22N4. The molecule has 0 aliphatic carbocycles. The van der Waals surface area contributed by atoms with Gasteiger partial charge in [-0.25, -0.2) is 0 Å². The Balaban J connectivity index is 1.76. The maximum Gasteiger partial charge on any atom is 0.0977 e. The van der Waals surface area contributed by atoms with E-state index in [2.05, 4.69) is 64.9 Å². The van der Waals surface area contributed by atoms with E-state index in [-0.39, 0.29) is 0 Å². The highest BCUT2D eigenvalue weighted by atomic mass is 15.2. The summed E-state index contributed by atoms with van der Waals surface area (Å²) in [7, 11) is 4.22. The maximum absolute atomic E-state index is 4.48. The van der Waals surface area contributed by atoms with Crippen LogP contribution in [0.3, 0.4) is 0 Å². The number of aromatic amines is 1. The minimum absolute atomic E-state index is 0.905. The molecule has 1 aromatic carbocycles. The molecule has 4 heteroatoms. The number of rotatable bonds is 5. The number of hydrogen-bond donors (Lipinski definition) is 1.